The summed E-state index contributed by atoms with van der Waals surface area (Å²) in [7, 11) is 0. The molecule has 3 nitrogen and oxygen atoms in total. The van der Waals surface area contributed by atoms with Gasteiger partial charge in [-0.05, 0) is 42.2 Å². The largest absolute Gasteiger partial charge is 0.381 e. The minimum absolute atomic E-state index is 0.260. The number of primary amides is 1. The van der Waals surface area contributed by atoms with Crippen molar-refractivity contribution in [2.24, 2.45) is 5.73 Å². The van der Waals surface area contributed by atoms with Crippen molar-refractivity contribution in [1.29, 1.82) is 0 Å². The van der Waals surface area contributed by atoms with E-state index in [1.165, 1.54) is 16.7 Å². The Morgan fingerprint density at radius 2 is 1.70 bits per heavy atom. The van der Waals surface area contributed by atoms with E-state index >= 15 is 0 Å². The third-order valence-electron chi connectivity index (χ3n) is 3.48. The highest BCUT2D eigenvalue weighted by molar-refractivity contribution is 5.78. The molecule has 0 aliphatic carbocycles. The molecular weight excluding hydrogens is 248 g/mol. The zero-order chi connectivity index (χ0) is 14.5. The van der Waals surface area contributed by atoms with Crippen LogP contribution in [0.1, 0.15) is 22.3 Å². The number of aryl methyl sites for hydroxylation is 2. The molecule has 0 spiro atoms. The van der Waals surface area contributed by atoms with Crippen LogP contribution in [0.5, 0.6) is 0 Å². The van der Waals surface area contributed by atoms with E-state index in [1.807, 2.05) is 24.3 Å². The molecular formula is C17H20N2O. The van der Waals surface area contributed by atoms with Gasteiger partial charge in [0.25, 0.3) is 0 Å². The number of amides is 1. The number of anilines is 1. The van der Waals surface area contributed by atoms with Crippen LogP contribution >= 0.6 is 0 Å². The predicted molar refractivity (Wildman–Crippen MR) is 82.6 cm³/mol. The van der Waals surface area contributed by atoms with Crippen molar-refractivity contribution in [3.05, 3.63) is 64.7 Å². The second-order valence-corrected chi connectivity index (χ2v) is 5.02. The summed E-state index contributed by atoms with van der Waals surface area (Å²) >= 11 is 0. The summed E-state index contributed by atoms with van der Waals surface area (Å²) in [5.41, 5.74) is 11.0. The summed E-state index contributed by atoms with van der Waals surface area (Å²) < 4.78 is 0. The number of hydrogen-bond donors (Lipinski definition) is 2. The number of para-hydroxylation sites is 1. The molecule has 0 atom stereocenters. The highest BCUT2D eigenvalue weighted by atomic mass is 16.1. The SMILES string of the molecule is Cc1cccc(C)c1CNc1ccccc1CC(N)=O. The molecule has 0 aromatic heterocycles. The molecule has 0 aliphatic heterocycles. The molecule has 0 bridgehead atoms. The number of carbonyl (C=O) groups excluding carboxylic acids is 1. The Balaban J connectivity index is 2.17. The van der Waals surface area contributed by atoms with Crippen molar-refractivity contribution in [3.63, 3.8) is 0 Å². The van der Waals surface area contributed by atoms with Gasteiger partial charge in [0, 0.05) is 12.2 Å². The lowest BCUT2D eigenvalue weighted by molar-refractivity contribution is -0.117. The first-order chi connectivity index (χ1) is 9.58. The number of carbonyl (C=O) groups is 1. The highest BCUT2D eigenvalue weighted by Gasteiger charge is 2.06. The summed E-state index contributed by atoms with van der Waals surface area (Å²) in [4.78, 5) is 11.1. The predicted octanol–water partition coefficient (Wildman–Crippen LogP) is 2.94. The van der Waals surface area contributed by atoms with Gasteiger partial charge in [-0.1, -0.05) is 36.4 Å². The quantitative estimate of drug-likeness (QED) is 0.876. The van der Waals surface area contributed by atoms with Crippen molar-refractivity contribution in [3.8, 4) is 0 Å². The van der Waals surface area contributed by atoms with Gasteiger partial charge in [-0.3, -0.25) is 4.79 Å². The molecule has 0 saturated heterocycles. The molecule has 0 unspecified atom stereocenters. The standard InChI is InChI=1S/C17H20N2O/c1-12-6-5-7-13(2)15(12)11-19-16-9-4-3-8-14(16)10-17(18)20/h3-9,19H,10-11H2,1-2H3,(H2,18,20). The van der Waals surface area contributed by atoms with Crippen molar-refractivity contribution in [2.45, 2.75) is 26.8 Å². The van der Waals surface area contributed by atoms with Crippen LogP contribution in [0.3, 0.4) is 0 Å². The van der Waals surface area contributed by atoms with Gasteiger partial charge in [-0.25, -0.2) is 0 Å². The summed E-state index contributed by atoms with van der Waals surface area (Å²) in [6.07, 6.45) is 0.260. The molecule has 0 aliphatic rings. The molecule has 2 aromatic rings. The Hall–Kier alpha value is -2.29. The molecule has 0 radical (unpaired) electrons. The van der Waals surface area contributed by atoms with E-state index in [1.54, 1.807) is 0 Å². The van der Waals surface area contributed by atoms with E-state index in [-0.39, 0.29) is 12.3 Å². The number of hydrogen-bond acceptors (Lipinski definition) is 2. The van der Waals surface area contributed by atoms with Gasteiger partial charge in [0.15, 0.2) is 0 Å². The number of benzene rings is 2. The number of rotatable bonds is 5. The molecule has 0 heterocycles. The van der Waals surface area contributed by atoms with Crippen molar-refractivity contribution < 1.29 is 4.79 Å². The Morgan fingerprint density at radius 3 is 2.35 bits per heavy atom. The summed E-state index contributed by atoms with van der Waals surface area (Å²) in [6.45, 7) is 4.97. The minimum atomic E-state index is -0.314. The maximum atomic E-state index is 11.1. The van der Waals surface area contributed by atoms with Crippen molar-refractivity contribution in [1.82, 2.24) is 0 Å². The normalized spacial score (nSPS) is 10.3. The van der Waals surface area contributed by atoms with Crippen LogP contribution in [-0.2, 0) is 17.8 Å². The summed E-state index contributed by atoms with van der Waals surface area (Å²) in [5, 5.41) is 3.41. The second-order valence-electron chi connectivity index (χ2n) is 5.02. The molecule has 104 valence electrons. The Labute approximate surface area is 119 Å². The highest BCUT2D eigenvalue weighted by Crippen LogP contribution is 2.19. The van der Waals surface area contributed by atoms with Gasteiger partial charge in [0.05, 0.1) is 6.42 Å². The average Bonchev–Trinajstić information content (AvgIpc) is 2.39. The molecule has 3 heteroatoms. The van der Waals surface area contributed by atoms with Gasteiger partial charge >= 0.3 is 0 Å². The third-order valence-corrected chi connectivity index (χ3v) is 3.48. The zero-order valence-corrected chi connectivity index (χ0v) is 11.9. The van der Waals surface area contributed by atoms with E-state index in [0.717, 1.165) is 17.8 Å². The van der Waals surface area contributed by atoms with Crippen LogP contribution in [0.2, 0.25) is 0 Å². The summed E-state index contributed by atoms with van der Waals surface area (Å²) in [5.74, 6) is -0.314. The lowest BCUT2D eigenvalue weighted by Gasteiger charge is -2.14. The van der Waals surface area contributed by atoms with E-state index in [2.05, 4.69) is 37.4 Å². The first-order valence-corrected chi connectivity index (χ1v) is 6.73. The molecule has 1 amide bonds. The van der Waals surface area contributed by atoms with Gasteiger partial charge < -0.3 is 11.1 Å². The fourth-order valence-electron chi connectivity index (χ4n) is 2.35. The van der Waals surface area contributed by atoms with Gasteiger partial charge in [0.1, 0.15) is 0 Å². The molecule has 3 N–H and O–H groups in total. The fourth-order valence-corrected chi connectivity index (χ4v) is 2.35. The van der Waals surface area contributed by atoms with E-state index < -0.39 is 0 Å². The Bertz CT molecular complexity index is 600. The second kappa shape index (κ2) is 6.24. The molecule has 0 fully saturated rings. The van der Waals surface area contributed by atoms with Crippen LogP contribution in [0.15, 0.2) is 42.5 Å². The van der Waals surface area contributed by atoms with E-state index in [4.69, 9.17) is 5.73 Å². The molecule has 2 aromatic carbocycles. The molecule has 2 rings (SSSR count). The lowest BCUT2D eigenvalue weighted by Crippen LogP contribution is -2.15. The van der Waals surface area contributed by atoms with Gasteiger partial charge in [0.2, 0.25) is 5.91 Å². The number of nitrogens with two attached hydrogens (primary N) is 1. The van der Waals surface area contributed by atoms with E-state index in [9.17, 15) is 4.79 Å². The Morgan fingerprint density at radius 1 is 1.05 bits per heavy atom. The molecule has 20 heavy (non-hydrogen) atoms. The van der Waals surface area contributed by atoms with Crippen molar-refractivity contribution >= 4 is 11.6 Å². The topological polar surface area (TPSA) is 55.1 Å². The van der Waals surface area contributed by atoms with Crippen LogP contribution in [-0.4, -0.2) is 5.91 Å². The van der Waals surface area contributed by atoms with Crippen LogP contribution in [0.4, 0.5) is 5.69 Å². The third kappa shape index (κ3) is 3.38. The van der Waals surface area contributed by atoms with Gasteiger partial charge in [-0.2, -0.15) is 0 Å². The monoisotopic (exact) mass is 268 g/mol. The summed E-state index contributed by atoms with van der Waals surface area (Å²) in [6, 6.07) is 14.1. The minimum Gasteiger partial charge on any atom is -0.381 e. The lowest BCUT2D eigenvalue weighted by atomic mass is 10.0. The van der Waals surface area contributed by atoms with Crippen LogP contribution < -0.4 is 11.1 Å². The number of nitrogens with one attached hydrogen (secondary N) is 1. The fraction of sp³-hybridized carbons (Fsp3) is 0.235. The van der Waals surface area contributed by atoms with Crippen molar-refractivity contribution in [2.75, 3.05) is 5.32 Å². The maximum absolute atomic E-state index is 11.1. The van der Waals surface area contributed by atoms with Crippen LogP contribution in [0.25, 0.3) is 0 Å². The van der Waals surface area contributed by atoms with E-state index in [0.29, 0.717) is 0 Å². The smallest absolute Gasteiger partial charge is 0.221 e. The first kappa shape index (κ1) is 14.1. The Kier molecular flexibility index (Phi) is 4.41. The maximum Gasteiger partial charge on any atom is 0.221 e. The van der Waals surface area contributed by atoms with Crippen LogP contribution in [0, 0.1) is 13.8 Å². The molecule has 0 saturated carbocycles. The zero-order valence-electron chi connectivity index (χ0n) is 11.9. The van der Waals surface area contributed by atoms with Gasteiger partial charge in [-0.15, -0.1) is 0 Å². The first-order valence-electron chi connectivity index (χ1n) is 6.73. The average molecular weight is 268 g/mol.